The maximum absolute atomic E-state index is 12.3. The first-order chi connectivity index (χ1) is 13.6. The predicted octanol–water partition coefficient (Wildman–Crippen LogP) is 2.39. The van der Waals surface area contributed by atoms with Crippen molar-refractivity contribution in [2.75, 3.05) is 39.3 Å². The van der Waals surface area contributed by atoms with Crippen molar-refractivity contribution in [3.8, 4) is 0 Å². The number of hydrogen-bond donors (Lipinski definition) is 1. The number of benzene rings is 2. The normalized spacial score (nSPS) is 16.6. The molecular formula is C20H24N4O2S2. The maximum Gasteiger partial charge on any atom is 0.240 e. The van der Waals surface area contributed by atoms with Crippen molar-refractivity contribution in [3.63, 3.8) is 0 Å². The highest BCUT2D eigenvalue weighted by Gasteiger charge is 2.19. The number of thiazole rings is 1. The number of nitrogens with zero attached hydrogens (tertiary/aromatic N) is 3. The van der Waals surface area contributed by atoms with Crippen LogP contribution in [0.4, 0.5) is 0 Å². The summed E-state index contributed by atoms with van der Waals surface area (Å²) in [5.74, 6) is 0. The average molecular weight is 417 g/mol. The lowest BCUT2D eigenvalue weighted by molar-refractivity contribution is 0.129. The molecule has 2 aromatic carbocycles. The molecule has 3 aromatic rings. The lowest BCUT2D eigenvalue weighted by Crippen LogP contribution is -2.48. The molecule has 6 nitrogen and oxygen atoms in total. The van der Waals surface area contributed by atoms with Gasteiger partial charge in [0.1, 0.15) is 5.01 Å². The second-order valence-electron chi connectivity index (χ2n) is 6.90. The highest BCUT2D eigenvalue weighted by atomic mass is 32.2. The number of aromatic nitrogens is 1. The highest BCUT2D eigenvalue weighted by Crippen LogP contribution is 2.23. The van der Waals surface area contributed by atoms with Gasteiger partial charge in [0.2, 0.25) is 10.0 Å². The van der Waals surface area contributed by atoms with Crippen molar-refractivity contribution >= 4 is 31.6 Å². The van der Waals surface area contributed by atoms with E-state index in [0.29, 0.717) is 11.4 Å². The molecule has 1 saturated heterocycles. The number of para-hydroxylation sites is 1. The van der Waals surface area contributed by atoms with Gasteiger partial charge in [0.25, 0.3) is 0 Å². The molecule has 1 aromatic heterocycles. The Labute approximate surface area is 169 Å². The van der Waals surface area contributed by atoms with E-state index in [1.807, 2.05) is 12.1 Å². The van der Waals surface area contributed by atoms with E-state index in [1.54, 1.807) is 35.6 Å². The van der Waals surface area contributed by atoms with Gasteiger partial charge < -0.3 is 0 Å². The Morgan fingerprint density at radius 1 is 0.929 bits per heavy atom. The van der Waals surface area contributed by atoms with Gasteiger partial charge in [-0.3, -0.25) is 9.80 Å². The molecule has 0 aliphatic carbocycles. The summed E-state index contributed by atoms with van der Waals surface area (Å²) < 4.78 is 28.5. The van der Waals surface area contributed by atoms with Crippen molar-refractivity contribution in [3.05, 3.63) is 59.6 Å². The van der Waals surface area contributed by atoms with Gasteiger partial charge in [-0.1, -0.05) is 30.3 Å². The Hall–Kier alpha value is -1.84. The van der Waals surface area contributed by atoms with Crippen molar-refractivity contribution in [1.29, 1.82) is 0 Å². The van der Waals surface area contributed by atoms with Gasteiger partial charge in [-0.05, 0) is 24.3 Å². The van der Waals surface area contributed by atoms with Gasteiger partial charge in [-0.25, -0.2) is 18.1 Å². The molecule has 1 fully saturated rings. The number of rotatable bonds is 7. The molecule has 2 heterocycles. The molecule has 4 rings (SSSR count). The van der Waals surface area contributed by atoms with Crippen LogP contribution < -0.4 is 4.72 Å². The summed E-state index contributed by atoms with van der Waals surface area (Å²) in [7, 11) is -3.42. The zero-order valence-corrected chi connectivity index (χ0v) is 17.3. The minimum absolute atomic E-state index is 0.315. The van der Waals surface area contributed by atoms with E-state index in [9.17, 15) is 8.42 Å². The largest absolute Gasteiger partial charge is 0.299 e. The SMILES string of the molecule is O=S(=O)(NCCN1CCN(Cc2nc3ccccc3s2)CC1)c1ccccc1. The third kappa shape index (κ3) is 4.76. The molecule has 1 N–H and O–H groups in total. The summed E-state index contributed by atoms with van der Waals surface area (Å²) in [5.41, 5.74) is 1.08. The molecular weight excluding hydrogens is 392 g/mol. The highest BCUT2D eigenvalue weighted by molar-refractivity contribution is 7.89. The Bertz CT molecular complexity index is 980. The van der Waals surface area contributed by atoms with E-state index in [1.165, 1.54) is 4.70 Å². The van der Waals surface area contributed by atoms with Gasteiger partial charge >= 0.3 is 0 Å². The molecule has 148 valence electrons. The number of hydrogen-bond acceptors (Lipinski definition) is 6. The number of nitrogens with one attached hydrogen (secondary N) is 1. The summed E-state index contributed by atoms with van der Waals surface area (Å²) in [4.78, 5) is 9.76. The van der Waals surface area contributed by atoms with Gasteiger partial charge in [0.15, 0.2) is 0 Å². The van der Waals surface area contributed by atoms with Crippen molar-refractivity contribution in [1.82, 2.24) is 19.5 Å². The second kappa shape index (κ2) is 8.67. The van der Waals surface area contributed by atoms with E-state index >= 15 is 0 Å². The zero-order chi connectivity index (χ0) is 19.4. The van der Waals surface area contributed by atoms with Crippen LogP contribution in [0.2, 0.25) is 0 Å². The standard InChI is InChI=1S/C20H24N4O2S2/c25-28(26,17-6-2-1-3-7-17)21-10-11-23-12-14-24(15-13-23)16-20-22-18-8-4-5-9-19(18)27-20/h1-9,21H,10-16H2. The molecule has 0 bridgehead atoms. The van der Waals surface area contributed by atoms with Crippen LogP contribution in [-0.4, -0.2) is 62.5 Å². The van der Waals surface area contributed by atoms with Crippen molar-refractivity contribution in [2.45, 2.75) is 11.4 Å². The summed E-state index contributed by atoms with van der Waals surface area (Å²) in [6.07, 6.45) is 0. The van der Waals surface area contributed by atoms with Gasteiger partial charge in [0.05, 0.1) is 21.7 Å². The topological polar surface area (TPSA) is 65.5 Å². The van der Waals surface area contributed by atoms with Crippen LogP contribution in [0.1, 0.15) is 5.01 Å². The minimum Gasteiger partial charge on any atom is -0.299 e. The third-order valence-electron chi connectivity index (χ3n) is 4.94. The molecule has 8 heteroatoms. The first kappa shape index (κ1) is 19.5. The second-order valence-corrected chi connectivity index (χ2v) is 9.79. The van der Waals surface area contributed by atoms with Crippen LogP contribution in [0.15, 0.2) is 59.5 Å². The summed E-state index contributed by atoms with van der Waals surface area (Å²) >= 11 is 1.76. The fraction of sp³-hybridized carbons (Fsp3) is 0.350. The quantitative estimate of drug-likeness (QED) is 0.641. The van der Waals surface area contributed by atoms with Crippen LogP contribution in [0.5, 0.6) is 0 Å². The monoisotopic (exact) mass is 416 g/mol. The minimum atomic E-state index is -3.42. The first-order valence-corrected chi connectivity index (χ1v) is 11.7. The van der Waals surface area contributed by atoms with E-state index in [2.05, 4.69) is 32.7 Å². The van der Waals surface area contributed by atoms with E-state index in [4.69, 9.17) is 4.98 Å². The fourth-order valence-corrected chi connectivity index (χ4v) is 5.42. The van der Waals surface area contributed by atoms with Crippen LogP contribution in [0.25, 0.3) is 10.2 Å². The number of fused-ring (bicyclic) bond motifs is 1. The Balaban J connectivity index is 1.22. The lowest BCUT2D eigenvalue weighted by atomic mass is 10.3. The van der Waals surface area contributed by atoms with Gasteiger partial charge in [-0.2, -0.15) is 0 Å². The molecule has 1 aliphatic heterocycles. The van der Waals surface area contributed by atoms with E-state index in [-0.39, 0.29) is 0 Å². The number of sulfonamides is 1. The van der Waals surface area contributed by atoms with Crippen LogP contribution >= 0.6 is 11.3 Å². The van der Waals surface area contributed by atoms with E-state index in [0.717, 1.165) is 49.8 Å². The molecule has 0 amide bonds. The van der Waals surface area contributed by atoms with Crippen LogP contribution in [0, 0.1) is 0 Å². The lowest BCUT2D eigenvalue weighted by Gasteiger charge is -2.34. The fourth-order valence-electron chi connectivity index (χ4n) is 3.37. The van der Waals surface area contributed by atoms with Crippen LogP contribution in [0.3, 0.4) is 0 Å². The molecule has 1 aliphatic rings. The average Bonchev–Trinajstić information content (AvgIpc) is 3.12. The van der Waals surface area contributed by atoms with Gasteiger partial charge in [-0.15, -0.1) is 11.3 Å². The molecule has 0 atom stereocenters. The number of piperazine rings is 1. The maximum atomic E-state index is 12.3. The molecule has 0 unspecified atom stereocenters. The predicted molar refractivity (Wildman–Crippen MR) is 113 cm³/mol. The summed E-state index contributed by atoms with van der Waals surface area (Å²) in [6.45, 7) is 5.86. The zero-order valence-electron chi connectivity index (χ0n) is 15.6. The van der Waals surface area contributed by atoms with E-state index < -0.39 is 10.0 Å². The van der Waals surface area contributed by atoms with Crippen molar-refractivity contribution < 1.29 is 8.42 Å². The smallest absolute Gasteiger partial charge is 0.240 e. The Morgan fingerprint density at radius 3 is 2.36 bits per heavy atom. The summed E-state index contributed by atoms with van der Waals surface area (Å²) in [6, 6.07) is 16.8. The first-order valence-electron chi connectivity index (χ1n) is 9.44. The molecule has 28 heavy (non-hydrogen) atoms. The third-order valence-corrected chi connectivity index (χ3v) is 7.43. The summed E-state index contributed by atoms with van der Waals surface area (Å²) in [5, 5.41) is 1.16. The molecule has 0 radical (unpaired) electrons. The Kier molecular flexibility index (Phi) is 6.03. The van der Waals surface area contributed by atoms with Crippen molar-refractivity contribution in [2.24, 2.45) is 0 Å². The molecule has 0 saturated carbocycles. The van der Waals surface area contributed by atoms with Gasteiger partial charge in [0, 0.05) is 39.3 Å². The molecule has 0 spiro atoms. The Morgan fingerprint density at radius 2 is 1.61 bits per heavy atom. The van der Waals surface area contributed by atoms with Crippen LogP contribution in [-0.2, 0) is 16.6 Å².